The van der Waals surface area contributed by atoms with Crippen molar-refractivity contribution in [2.75, 3.05) is 6.61 Å². The molecule has 5 heteroatoms. The van der Waals surface area contributed by atoms with Crippen LogP contribution in [0.15, 0.2) is 24.4 Å². The first kappa shape index (κ1) is 12.4. The average molecular weight is 256 g/mol. The number of fused-ring (bicyclic) bond motifs is 1. The van der Waals surface area contributed by atoms with Crippen LogP contribution < -0.4 is 0 Å². The SMILES string of the molecule is OCc1cn(CC(O)CO)c2cc(Cl)ccc12. The van der Waals surface area contributed by atoms with Crippen molar-refractivity contribution in [2.24, 2.45) is 0 Å². The summed E-state index contributed by atoms with van der Waals surface area (Å²) in [4.78, 5) is 0. The molecule has 0 radical (unpaired) electrons. The Labute approximate surface area is 104 Å². The Balaban J connectivity index is 2.50. The Hall–Kier alpha value is -1.07. The molecular formula is C12H14ClNO3. The van der Waals surface area contributed by atoms with Crippen molar-refractivity contribution in [3.8, 4) is 0 Å². The maximum Gasteiger partial charge on any atom is 0.0949 e. The van der Waals surface area contributed by atoms with Gasteiger partial charge in [0, 0.05) is 27.7 Å². The second kappa shape index (κ2) is 5.06. The van der Waals surface area contributed by atoms with Crippen LogP contribution in [0.5, 0.6) is 0 Å². The number of aromatic nitrogens is 1. The fourth-order valence-corrected chi connectivity index (χ4v) is 2.07. The molecule has 0 amide bonds. The van der Waals surface area contributed by atoms with Crippen molar-refractivity contribution in [3.05, 3.63) is 35.0 Å². The number of benzene rings is 1. The van der Waals surface area contributed by atoms with Crippen LogP contribution in [0.3, 0.4) is 0 Å². The molecule has 0 fully saturated rings. The third-order valence-corrected chi connectivity index (χ3v) is 2.95. The van der Waals surface area contributed by atoms with Gasteiger partial charge >= 0.3 is 0 Å². The Kier molecular flexibility index (Phi) is 3.69. The van der Waals surface area contributed by atoms with Gasteiger partial charge in [-0.15, -0.1) is 0 Å². The predicted octanol–water partition coefficient (Wildman–Crippen LogP) is 1.14. The largest absolute Gasteiger partial charge is 0.394 e. The molecule has 4 nitrogen and oxygen atoms in total. The molecule has 17 heavy (non-hydrogen) atoms. The number of hydrogen-bond donors (Lipinski definition) is 3. The van der Waals surface area contributed by atoms with E-state index in [1.165, 1.54) is 0 Å². The van der Waals surface area contributed by atoms with E-state index in [4.69, 9.17) is 16.7 Å². The van der Waals surface area contributed by atoms with E-state index in [2.05, 4.69) is 0 Å². The maximum absolute atomic E-state index is 9.46. The summed E-state index contributed by atoms with van der Waals surface area (Å²) in [7, 11) is 0. The van der Waals surface area contributed by atoms with Crippen molar-refractivity contribution >= 4 is 22.5 Å². The van der Waals surface area contributed by atoms with Crippen LogP contribution >= 0.6 is 11.6 Å². The monoisotopic (exact) mass is 255 g/mol. The lowest BCUT2D eigenvalue weighted by Crippen LogP contribution is -2.19. The van der Waals surface area contributed by atoms with Crippen molar-refractivity contribution < 1.29 is 15.3 Å². The fraction of sp³-hybridized carbons (Fsp3) is 0.333. The van der Waals surface area contributed by atoms with E-state index in [-0.39, 0.29) is 19.8 Å². The number of aliphatic hydroxyl groups is 3. The van der Waals surface area contributed by atoms with Crippen LogP contribution in [0.25, 0.3) is 10.9 Å². The number of halogens is 1. The third kappa shape index (κ3) is 2.45. The van der Waals surface area contributed by atoms with Gasteiger partial charge in [-0.05, 0) is 12.1 Å². The summed E-state index contributed by atoms with van der Waals surface area (Å²) in [5, 5.41) is 29.1. The van der Waals surface area contributed by atoms with Crippen molar-refractivity contribution in [3.63, 3.8) is 0 Å². The topological polar surface area (TPSA) is 65.6 Å². The van der Waals surface area contributed by atoms with E-state index in [1.54, 1.807) is 22.9 Å². The smallest absolute Gasteiger partial charge is 0.0949 e. The molecule has 2 rings (SSSR count). The molecule has 1 atom stereocenters. The molecule has 0 aliphatic rings. The first-order valence-electron chi connectivity index (χ1n) is 5.32. The Morgan fingerprint density at radius 3 is 2.71 bits per heavy atom. The van der Waals surface area contributed by atoms with Crippen LogP contribution in [0.2, 0.25) is 5.02 Å². The van der Waals surface area contributed by atoms with E-state index in [0.29, 0.717) is 5.02 Å². The standard InChI is InChI=1S/C12H14ClNO3/c13-9-1-2-11-8(6-15)4-14(12(11)3-9)5-10(17)7-16/h1-4,10,15-17H,5-7H2. The summed E-state index contributed by atoms with van der Waals surface area (Å²) >= 11 is 5.93. The van der Waals surface area contributed by atoms with Crippen molar-refractivity contribution in [1.82, 2.24) is 4.57 Å². The molecular weight excluding hydrogens is 242 g/mol. The van der Waals surface area contributed by atoms with E-state index in [9.17, 15) is 10.2 Å². The van der Waals surface area contributed by atoms with Crippen LogP contribution in [-0.2, 0) is 13.2 Å². The molecule has 1 aromatic heterocycles. The normalized spacial score (nSPS) is 13.2. The van der Waals surface area contributed by atoms with Gasteiger partial charge in [0.25, 0.3) is 0 Å². The summed E-state index contributed by atoms with van der Waals surface area (Å²) in [5.41, 5.74) is 1.62. The van der Waals surface area contributed by atoms with Crippen LogP contribution in [0, 0.1) is 0 Å². The second-order valence-electron chi connectivity index (χ2n) is 3.96. The minimum absolute atomic E-state index is 0.0691. The fourth-order valence-electron chi connectivity index (χ4n) is 1.90. The molecule has 1 aromatic carbocycles. The van der Waals surface area contributed by atoms with Gasteiger partial charge in [0.15, 0.2) is 0 Å². The van der Waals surface area contributed by atoms with Crippen molar-refractivity contribution in [1.29, 1.82) is 0 Å². The molecule has 0 bridgehead atoms. The Bertz CT molecular complexity index is 524. The minimum Gasteiger partial charge on any atom is -0.394 e. The van der Waals surface area contributed by atoms with Gasteiger partial charge < -0.3 is 19.9 Å². The highest BCUT2D eigenvalue weighted by atomic mass is 35.5. The second-order valence-corrected chi connectivity index (χ2v) is 4.40. The van der Waals surface area contributed by atoms with E-state index in [1.807, 2.05) is 6.07 Å². The molecule has 92 valence electrons. The van der Waals surface area contributed by atoms with Gasteiger partial charge in [0.05, 0.1) is 25.9 Å². The van der Waals surface area contributed by atoms with Gasteiger partial charge in [-0.3, -0.25) is 0 Å². The van der Waals surface area contributed by atoms with Gasteiger partial charge in [0.1, 0.15) is 0 Å². The maximum atomic E-state index is 9.46. The number of aliphatic hydroxyl groups excluding tert-OH is 3. The summed E-state index contributed by atoms with van der Waals surface area (Å²) in [6.45, 7) is -0.0948. The molecule has 2 aromatic rings. The highest BCUT2D eigenvalue weighted by molar-refractivity contribution is 6.31. The molecule has 1 heterocycles. The van der Waals surface area contributed by atoms with Crippen LogP contribution in [-0.4, -0.2) is 32.6 Å². The summed E-state index contributed by atoms with van der Waals surface area (Å²) in [6, 6.07) is 5.38. The third-order valence-electron chi connectivity index (χ3n) is 2.72. The van der Waals surface area contributed by atoms with Gasteiger partial charge in [-0.25, -0.2) is 0 Å². The first-order chi connectivity index (χ1) is 8.15. The predicted molar refractivity (Wildman–Crippen MR) is 66.0 cm³/mol. The quantitative estimate of drug-likeness (QED) is 0.768. The average Bonchev–Trinajstić information content (AvgIpc) is 2.66. The van der Waals surface area contributed by atoms with Gasteiger partial charge in [-0.2, -0.15) is 0 Å². The summed E-state index contributed by atoms with van der Waals surface area (Å²) < 4.78 is 1.79. The molecule has 0 spiro atoms. The molecule has 0 aliphatic carbocycles. The number of rotatable bonds is 4. The van der Waals surface area contributed by atoms with Crippen molar-refractivity contribution in [2.45, 2.75) is 19.3 Å². The van der Waals surface area contributed by atoms with E-state index < -0.39 is 6.10 Å². The zero-order valence-corrected chi connectivity index (χ0v) is 9.93. The Morgan fingerprint density at radius 1 is 1.29 bits per heavy atom. The lowest BCUT2D eigenvalue weighted by molar-refractivity contribution is 0.0821. The lowest BCUT2D eigenvalue weighted by Gasteiger charge is -2.09. The molecule has 1 unspecified atom stereocenters. The lowest BCUT2D eigenvalue weighted by atomic mass is 10.2. The van der Waals surface area contributed by atoms with Gasteiger partial charge in [-0.1, -0.05) is 17.7 Å². The van der Waals surface area contributed by atoms with Crippen LogP contribution in [0.4, 0.5) is 0 Å². The summed E-state index contributed by atoms with van der Waals surface area (Å²) in [6.07, 6.45) is 0.941. The highest BCUT2D eigenvalue weighted by Crippen LogP contribution is 2.25. The first-order valence-corrected chi connectivity index (χ1v) is 5.70. The minimum atomic E-state index is -0.823. The Morgan fingerprint density at radius 2 is 2.06 bits per heavy atom. The number of nitrogens with zero attached hydrogens (tertiary/aromatic N) is 1. The molecule has 3 N–H and O–H groups in total. The molecule has 0 aliphatic heterocycles. The van der Waals surface area contributed by atoms with E-state index in [0.717, 1.165) is 16.5 Å². The number of hydrogen-bond acceptors (Lipinski definition) is 3. The zero-order chi connectivity index (χ0) is 12.4. The van der Waals surface area contributed by atoms with Crippen LogP contribution in [0.1, 0.15) is 5.56 Å². The van der Waals surface area contributed by atoms with E-state index >= 15 is 0 Å². The zero-order valence-electron chi connectivity index (χ0n) is 9.17. The van der Waals surface area contributed by atoms with Gasteiger partial charge in [0.2, 0.25) is 0 Å². The molecule has 0 saturated heterocycles. The summed E-state index contributed by atoms with van der Waals surface area (Å²) in [5.74, 6) is 0. The molecule has 0 saturated carbocycles. The highest BCUT2D eigenvalue weighted by Gasteiger charge is 2.11.